The normalized spacial score (nSPS) is 18.5. The lowest BCUT2D eigenvalue weighted by atomic mass is 10.1. The molecule has 0 aliphatic heterocycles. The largest absolute Gasteiger partial charge is 0.352 e. The van der Waals surface area contributed by atoms with Crippen LogP contribution in [-0.2, 0) is 11.3 Å². The molecule has 1 aliphatic rings. The second-order valence-electron chi connectivity index (χ2n) is 6.66. The minimum atomic E-state index is 0.0112. The summed E-state index contributed by atoms with van der Waals surface area (Å²) in [5.41, 5.74) is 3.18. The fraction of sp³-hybridized carbons (Fsp3) is 0.238. The monoisotopic (exact) mass is 365 g/mol. The van der Waals surface area contributed by atoms with Gasteiger partial charge in [-0.2, -0.15) is 0 Å². The van der Waals surface area contributed by atoms with Crippen LogP contribution in [0.1, 0.15) is 29.3 Å². The summed E-state index contributed by atoms with van der Waals surface area (Å²) in [4.78, 5) is 16.8. The molecule has 0 bridgehead atoms. The molecular weight excluding hydrogens is 346 g/mol. The van der Waals surface area contributed by atoms with Gasteiger partial charge in [-0.15, -0.1) is 0 Å². The Morgan fingerprint density at radius 2 is 2.00 bits per heavy atom. The zero-order valence-corrected chi connectivity index (χ0v) is 15.3. The van der Waals surface area contributed by atoms with Crippen molar-refractivity contribution < 1.29 is 4.79 Å². The Hall–Kier alpha value is -2.59. The van der Waals surface area contributed by atoms with Gasteiger partial charge in [0.25, 0.3) is 0 Å². The van der Waals surface area contributed by atoms with Crippen LogP contribution in [0.5, 0.6) is 0 Å². The Bertz CT molecular complexity index is 950. The maximum absolute atomic E-state index is 12.6. The smallest absolute Gasteiger partial charge is 0.224 e. The SMILES string of the molecule is Cc1nccn1-c1ccccc1CNC(=O)C1CC1c1ccccc1Cl. The molecule has 1 fully saturated rings. The molecule has 1 saturated carbocycles. The molecular formula is C21H20ClN3O. The number of benzene rings is 2. The van der Waals surface area contributed by atoms with Crippen molar-refractivity contribution in [3.63, 3.8) is 0 Å². The number of imidazole rings is 1. The van der Waals surface area contributed by atoms with Crippen LogP contribution in [0.25, 0.3) is 5.69 Å². The number of nitrogens with zero attached hydrogens (tertiary/aromatic N) is 2. The Labute approximate surface area is 157 Å². The molecule has 1 aromatic heterocycles. The number of nitrogens with one attached hydrogen (secondary N) is 1. The molecule has 0 saturated heterocycles. The first-order valence-corrected chi connectivity index (χ1v) is 9.13. The van der Waals surface area contributed by atoms with Crippen LogP contribution in [0, 0.1) is 12.8 Å². The fourth-order valence-electron chi connectivity index (χ4n) is 3.45. The van der Waals surface area contributed by atoms with Crippen LogP contribution in [0.15, 0.2) is 60.9 Å². The Morgan fingerprint density at radius 1 is 1.23 bits per heavy atom. The van der Waals surface area contributed by atoms with Crippen LogP contribution < -0.4 is 5.32 Å². The van der Waals surface area contributed by atoms with E-state index in [1.54, 1.807) is 6.20 Å². The summed E-state index contributed by atoms with van der Waals surface area (Å²) in [5, 5.41) is 3.83. The summed E-state index contributed by atoms with van der Waals surface area (Å²) >= 11 is 6.25. The highest BCUT2D eigenvalue weighted by molar-refractivity contribution is 6.31. The van der Waals surface area contributed by atoms with Crippen molar-refractivity contribution >= 4 is 17.5 Å². The zero-order chi connectivity index (χ0) is 18.1. The molecule has 26 heavy (non-hydrogen) atoms. The molecule has 1 amide bonds. The van der Waals surface area contributed by atoms with Crippen molar-refractivity contribution in [2.75, 3.05) is 0 Å². The van der Waals surface area contributed by atoms with E-state index in [-0.39, 0.29) is 17.7 Å². The summed E-state index contributed by atoms with van der Waals surface area (Å²) < 4.78 is 2.03. The highest BCUT2D eigenvalue weighted by Gasteiger charge is 2.44. The number of aryl methyl sites for hydroxylation is 1. The zero-order valence-electron chi connectivity index (χ0n) is 14.5. The molecule has 2 aromatic carbocycles. The van der Waals surface area contributed by atoms with Crippen LogP contribution in [0.2, 0.25) is 5.02 Å². The third-order valence-electron chi connectivity index (χ3n) is 4.96. The van der Waals surface area contributed by atoms with Gasteiger partial charge in [-0.1, -0.05) is 48.0 Å². The first-order valence-electron chi connectivity index (χ1n) is 8.75. The van der Waals surface area contributed by atoms with Crippen LogP contribution in [0.4, 0.5) is 0 Å². The maximum atomic E-state index is 12.6. The molecule has 2 unspecified atom stereocenters. The van der Waals surface area contributed by atoms with Crippen molar-refractivity contribution in [1.29, 1.82) is 0 Å². The van der Waals surface area contributed by atoms with Gasteiger partial charge in [-0.3, -0.25) is 4.79 Å². The minimum Gasteiger partial charge on any atom is -0.352 e. The summed E-state index contributed by atoms with van der Waals surface area (Å²) in [6.07, 6.45) is 4.57. The van der Waals surface area contributed by atoms with E-state index < -0.39 is 0 Å². The second-order valence-corrected chi connectivity index (χ2v) is 7.07. The molecule has 5 heteroatoms. The van der Waals surface area contributed by atoms with Crippen LogP contribution in [0.3, 0.4) is 0 Å². The molecule has 1 N–H and O–H groups in total. The van der Waals surface area contributed by atoms with E-state index in [2.05, 4.69) is 10.3 Å². The molecule has 2 atom stereocenters. The van der Waals surface area contributed by atoms with Crippen molar-refractivity contribution in [2.24, 2.45) is 5.92 Å². The lowest BCUT2D eigenvalue weighted by Crippen LogP contribution is -2.25. The molecule has 1 aliphatic carbocycles. The predicted octanol–water partition coefficient (Wildman–Crippen LogP) is 4.25. The van der Waals surface area contributed by atoms with Gasteiger partial charge in [0.05, 0.1) is 5.69 Å². The highest BCUT2D eigenvalue weighted by Crippen LogP contribution is 2.49. The number of rotatable bonds is 5. The maximum Gasteiger partial charge on any atom is 0.224 e. The number of carbonyl (C=O) groups is 1. The van der Waals surface area contributed by atoms with Crippen LogP contribution >= 0.6 is 11.6 Å². The fourth-order valence-corrected chi connectivity index (χ4v) is 3.72. The summed E-state index contributed by atoms with van der Waals surface area (Å²) in [6, 6.07) is 15.8. The number of hydrogen-bond acceptors (Lipinski definition) is 2. The number of halogens is 1. The third kappa shape index (κ3) is 3.25. The van der Waals surface area contributed by atoms with E-state index in [4.69, 9.17) is 11.6 Å². The third-order valence-corrected chi connectivity index (χ3v) is 5.31. The molecule has 132 valence electrons. The van der Waals surface area contributed by atoms with Gasteiger partial charge < -0.3 is 9.88 Å². The average Bonchev–Trinajstić information content (AvgIpc) is 3.34. The summed E-state index contributed by atoms with van der Waals surface area (Å²) in [5.74, 6) is 1.25. The highest BCUT2D eigenvalue weighted by atomic mass is 35.5. The predicted molar refractivity (Wildman–Crippen MR) is 102 cm³/mol. The van der Waals surface area contributed by atoms with E-state index in [1.165, 1.54) is 0 Å². The van der Waals surface area contributed by atoms with Gasteiger partial charge in [0.2, 0.25) is 5.91 Å². The van der Waals surface area contributed by atoms with Crippen molar-refractivity contribution in [3.05, 3.63) is 82.9 Å². The number of hydrogen-bond donors (Lipinski definition) is 1. The Balaban J connectivity index is 1.44. The van der Waals surface area contributed by atoms with Gasteiger partial charge in [-0.05, 0) is 42.5 Å². The van der Waals surface area contributed by atoms with E-state index in [0.29, 0.717) is 6.54 Å². The lowest BCUT2D eigenvalue weighted by molar-refractivity contribution is -0.122. The first kappa shape index (κ1) is 16.9. The minimum absolute atomic E-state index is 0.0112. The van der Waals surface area contributed by atoms with E-state index >= 15 is 0 Å². The molecule has 4 nitrogen and oxygen atoms in total. The lowest BCUT2D eigenvalue weighted by Gasteiger charge is -2.13. The first-order chi connectivity index (χ1) is 12.6. The summed E-state index contributed by atoms with van der Waals surface area (Å²) in [7, 11) is 0. The molecule has 3 aromatic rings. The Morgan fingerprint density at radius 3 is 2.77 bits per heavy atom. The standard InChI is InChI=1S/C21H20ClN3O/c1-14-23-10-11-25(14)20-9-5-2-6-15(20)13-24-21(26)18-12-17(18)16-7-3-4-8-19(16)22/h2-11,17-18H,12-13H2,1H3,(H,24,26). The summed E-state index contributed by atoms with van der Waals surface area (Å²) in [6.45, 7) is 2.46. The molecule has 1 heterocycles. The number of carbonyl (C=O) groups excluding carboxylic acids is 1. The van der Waals surface area contributed by atoms with Gasteiger partial charge in [0.15, 0.2) is 0 Å². The van der Waals surface area contributed by atoms with E-state index in [9.17, 15) is 4.79 Å². The molecule has 4 rings (SSSR count). The second kappa shape index (κ2) is 6.96. The molecule has 0 spiro atoms. The van der Waals surface area contributed by atoms with E-state index in [0.717, 1.165) is 34.1 Å². The molecule has 0 radical (unpaired) electrons. The quantitative estimate of drug-likeness (QED) is 0.734. The van der Waals surface area contributed by atoms with Crippen LogP contribution in [-0.4, -0.2) is 15.5 Å². The van der Waals surface area contributed by atoms with Gasteiger partial charge in [0, 0.05) is 29.9 Å². The van der Waals surface area contributed by atoms with Gasteiger partial charge in [0.1, 0.15) is 5.82 Å². The van der Waals surface area contributed by atoms with Crippen molar-refractivity contribution in [3.8, 4) is 5.69 Å². The van der Waals surface area contributed by atoms with E-state index in [1.807, 2.05) is 66.2 Å². The number of aromatic nitrogens is 2. The number of para-hydroxylation sites is 1. The van der Waals surface area contributed by atoms with Gasteiger partial charge >= 0.3 is 0 Å². The van der Waals surface area contributed by atoms with Crippen molar-refractivity contribution in [2.45, 2.75) is 25.8 Å². The topological polar surface area (TPSA) is 46.9 Å². The van der Waals surface area contributed by atoms with Gasteiger partial charge in [-0.25, -0.2) is 4.98 Å². The number of amides is 1. The average molecular weight is 366 g/mol. The Kier molecular flexibility index (Phi) is 4.51. The van der Waals surface area contributed by atoms with Crippen molar-refractivity contribution in [1.82, 2.24) is 14.9 Å².